The quantitative estimate of drug-likeness (QED) is 0.746. The second-order valence-electron chi connectivity index (χ2n) is 9.68. The van der Waals surface area contributed by atoms with Crippen LogP contribution in [0.1, 0.15) is 39.5 Å². The second-order valence-corrected chi connectivity index (χ2v) is 9.68. The van der Waals surface area contributed by atoms with Crippen molar-refractivity contribution < 1.29 is 29.3 Å². The number of hydrogen-bond acceptors (Lipinski definition) is 6. The molecule has 0 bridgehead atoms. The van der Waals surface area contributed by atoms with E-state index in [-0.39, 0.29) is 47.6 Å². The maximum Gasteiger partial charge on any atom is 0.193 e. The van der Waals surface area contributed by atoms with Crippen LogP contribution in [0.25, 0.3) is 0 Å². The highest BCUT2D eigenvalue weighted by Gasteiger charge is 2.74. The van der Waals surface area contributed by atoms with Crippen LogP contribution in [0.5, 0.6) is 0 Å². The van der Waals surface area contributed by atoms with Gasteiger partial charge in [-0.2, -0.15) is 0 Å². The number of carbonyl (C=O) groups is 2. The van der Waals surface area contributed by atoms with Crippen molar-refractivity contribution in [1.29, 1.82) is 0 Å². The number of Topliss-reactive ketones (excluding diaryl/α,β-unsaturated/α-hetero) is 1. The number of hydrogen-bond donors (Lipinski definition) is 2. The Morgan fingerprint density at radius 1 is 1.36 bits per heavy atom. The Morgan fingerprint density at radius 3 is 2.89 bits per heavy atom. The molecule has 1 heterocycles. The van der Waals surface area contributed by atoms with Gasteiger partial charge in [-0.05, 0) is 49.7 Å². The van der Waals surface area contributed by atoms with E-state index in [1.807, 2.05) is 13.0 Å². The fourth-order valence-corrected chi connectivity index (χ4v) is 7.65. The van der Waals surface area contributed by atoms with Gasteiger partial charge >= 0.3 is 0 Å². The van der Waals surface area contributed by atoms with Crippen LogP contribution in [0.2, 0.25) is 0 Å². The molecule has 0 aromatic carbocycles. The number of fused-ring (bicyclic) bond motifs is 7. The molecule has 5 rings (SSSR count). The third kappa shape index (κ3) is 2.02. The van der Waals surface area contributed by atoms with E-state index in [1.165, 1.54) is 0 Å². The summed E-state index contributed by atoms with van der Waals surface area (Å²) in [7, 11) is 0. The van der Waals surface area contributed by atoms with Gasteiger partial charge in [-0.1, -0.05) is 25.5 Å². The summed E-state index contributed by atoms with van der Waals surface area (Å²) in [6.07, 6.45) is 7.17. The fraction of sp³-hybridized carbons (Fsp3) is 0.727. The zero-order valence-electron chi connectivity index (χ0n) is 16.4. The zero-order valence-corrected chi connectivity index (χ0v) is 16.4. The summed E-state index contributed by atoms with van der Waals surface area (Å²) in [6, 6.07) is 0. The van der Waals surface area contributed by atoms with Gasteiger partial charge in [-0.25, -0.2) is 0 Å². The maximum absolute atomic E-state index is 12.9. The molecule has 2 N–H and O–H groups in total. The van der Waals surface area contributed by atoms with Crippen LogP contribution < -0.4 is 0 Å². The van der Waals surface area contributed by atoms with Crippen molar-refractivity contribution in [2.45, 2.75) is 57.3 Å². The molecule has 28 heavy (non-hydrogen) atoms. The minimum Gasteiger partial charge on any atom is -0.393 e. The summed E-state index contributed by atoms with van der Waals surface area (Å²) >= 11 is 0. The van der Waals surface area contributed by atoms with E-state index >= 15 is 0 Å². The fourth-order valence-electron chi connectivity index (χ4n) is 7.65. The Morgan fingerprint density at radius 2 is 2.14 bits per heavy atom. The maximum atomic E-state index is 12.9. The number of rotatable bonds is 2. The molecule has 3 saturated carbocycles. The number of aliphatic hydroxyl groups is 2. The molecular weight excluding hydrogens is 360 g/mol. The van der Waals surface area contributed by atoms with E-state index in [4.69, 9.17) is 9.47 Å². The summed E-state index contributed by atoms with van der Waals surface area (Å²) in [5.74, 6) is 0.0400. The molecule has 0 aromatic heterocycles. The lowest BCUT2D eigenvalue weighted by atomic mass is 9.46. The van der Waals surface area contributed by atoms with Crippen LogP contribution in [-0.2, 0) is 19.1 Å². The van der Waals surface area contributed by atoms with Gasteiger partial charge in [0.2, 0.25) is 0 Å². The molecule has 8 atom stereocenters. The van der Waals surface area contributed by atoms with Crippen LogP contribution in [0.3, 0.4) is 0 Å². The molecule has 152 valence electrons. The SMILES string of the molecule is CC12C=CC(=O)C=C1CCC1C2C(O)CC2(C)[C@H]1C[C@H]1OCO[C@]12C(=O)CO. The van der Waals surface area contributed by atoms with Crippen molar-refractivity contribution in [3.8, 4) is 0 Å². The van der Waals surface area contributed by atoms with Gasteiger partial charge in [0.05, 0.1) is 12.2 Å². The average molecular weight is 388 g/mol. The van der Waals surface area contributed by atoms with Crippen LogP contribution in [0, 0.1) is 28.6 Å². The normalized spacial score (nSPS) is 51.8. The van der Waals surface area contributed by atoms with Gasteiger partial charge < -0.3 is 19.7 Å². The highest BCUT2D eigenvalue weighted by atomic mass is 16.7. The monoisotopic (exact) mass is 388 g/mol. The van der Waals surface area contributed by atoms with E-state index in [0.717, 1.165) is 18.4 Å². The first-order chi connectivity index (χ1) is 13.3. The third-order valence-electron chi connectivity index (χ3n) is 8.77. The van der Waals surface area contributed by atoms with E-state index in [0.29, 0.717) is 12.8 Å². The molecule has 4 aliphatic carbocycles. The summed E-state index contributed by atoms with van der Waals surface area (Å²) < 4.78 is 11.8. The zero-order chi connectivity index (χ0) is 19.9. The number of ketones is 2. The van der Waals surface area contributed by atoms with E-state index in [1.54, 1.807) is 12.2 Å². The minimum absolute atomic E-state index is 0.00460. The van der Waals surface area contributed by atoms with Gasteiger partial charge in [-0.3, -0.25) is 9.59 Å². The topological polar surface area (TPSA) is 93.1 Å². The molecule has 0 amide bonds. The molecule has 1 saturated heterocycles. The first-order valence-corrected chi connectivity index (χ1v) is 10.3. The molecular formula is C22H28O6. The lowest BCUT2D eigenvalue weighted by Crippen LogP contribution is -2.63. The lowest BCUT2D eigenvalue weighted by molar-refractivity contribution is -0.185. The van der Waals surface area contributed by atoms with E-state index < -0.39 is 23.7 Å². The largest absolute Gasteiger partial charge is 0.393 e. The first kappa shape index (κ1) is 18.7. The third-order valence-corrected chi connectivity index (χ3v) is 8.77. The number of carbonyl (C=O) groups excluding carboxylic acids is 2. The van der Waals surface area contributed by atoms with Gasteiger partial charge in [0.15, 0.2) is 17.2 Å². The molecule has 5 unspecified atom stereocenters. The van der Waals surface area contributed by atoms with Gasteiger partial charge in [0.25, 0.3) is 0 Å². The molecule has 1 aliphatic heterocycles. The summed E-state index contributed by atoms with van der Waals surface area (Å²) in [6.45, 7) is 3.63. The molecule has 0 radical (unpaired) electrons. The van der Waals surface area contributed by atoms with Gasteiger partial charge in [0, 0.05) is 16.7 Å². The van der Waals surface area contributed by atoms with E-state index in [9.17, 15) is 19.8 Å². The molecule has 0 spiro atoms. The average Bonchev–Trinajstić information content (AvgIpc) is 3.18. The molecule has 6 nitrogen and oxygen atoms in total. The van der Waals surface area contributed by atoms with Crippen LogP contribution in [0.4, 0.5) is 0 Å². The number of ether oxygens (including phenoxy) is 2. The van der Waals surface area contributed by atoms with Gasteiger partial charge in [-0.15, -0.1) is 0 Å². The predicted molar refractivity (Wildman–Crippen MR) is 99.0 cm³/mol. The number of allylic oxidation sites excluding steroid dienone is 4. The first-order valence-electron chi connectivity index (χ1n) is 10.3. The number of aliphatic hydroxyl groups excluding tert-OH is 2. The van der Waals surface area contributed by atoms with Crippen molar-refractivity contribution in [2.75, 3.05) is 13.4 Å². The Balaban J connectivity index is 1.59. The van der Waals surface area contributed by atoms with Crippen molar-refractivity contribution in [2.24, 2.45) is 28.6 Å². The highest BCUT2D eigenvalue weighted by molar-refractivity contribution is 6.01. The van der Waals surface area contributed by atoms with Crippen LogP contribution >= 0.6 is 0 Å². The lowest BCUT2D eigenvalue weighted by Gasteiger charge is -2.59. The summed E-state index contributed by atoms with van der Waals surface area (Å²) in [4.78, 5) is 24.8. The standard InChI is InChI=1S/C22H28O6/c1-20-6-5-13(24)7-12(20)3-4-14-15-8-18-22(17(26)10-23,28-11-27-18)21(15,2)9-16(25)19(14)20/h5-7,14-16,18-19,23,25H,3-4,8-11H2,1-2H3/t14?,15-,16?,18+,19?,20?,21?,22+/m0/s1. The molecule has 6 heteroatoms. The van der Waals surface area contributed by atoms with Crippen LogP contribution in [-0.4, -0.2) is 53.0 Å². The molecule has 4 fully saturated rings. The molecule has 0 aromatic rings. The predicted octanol–water partition coefficient (Wildman–Crippen LogP) is 1.55. The van der Waals surface area contributed by atoms with Crippen molar-refractivity contribution in [3.63, 3.8) is 0 Å². The second kappa shape index (κ2) is 5.85. The van der Waals surface area contributed by atoms with E-state index in [2.05, 4.69) is 6.92 Å². The van der Waals surface area contributed by atoms with Crippen molar-refractivity contribution >= 4 is 11.6 Å². The minimum atomic E-state index is -1.17. The van der Waals surface area contributed by atoms with Crippen molar-refractivity contribution in [1.82, 2.24) is 0 Å². The van der Waals surface area contributed by atoms with Crippen LogP contribution in [0.15, 0.2) is 23.8 Å². The smallest absolute Gasteiger partial charge is 0.193 e. The Bertz CT molecular complexity index is 801. The molecule has 5 aliphatic rings. The summed E-state index contributed by atoms with van der Waals surface area (Å²) in [5, 5.41) is 21.0. The van der Waals surface area contributed by atoms with Crippen molar-refractivity contribution in [3.05, 3.63) is 23.8 Å². The Kier molecular flexibility index (Phi) is 3.90. The highest BCUT2D eigenvalue weighted by Crippen LogP contribution is 2.69. The summed E-state index contributed by atoms with van der Waals surface area (Å²) in [5.41, 5.74) is -0.991. The Labute approximate surface area is 164 Å². The Hall–Kier alpha value is -1.34. The van der Waals surface area contributed by atoms with Gasteiger partial charge in [0.1, 0.15) is 13.4 Å².